The number of thioether (sulfide) groups is 1. The number of phenolic OH excluding ortho intramolecular Hbond substituents is 1. The average molecular weight is 591 g/mol. The molecule has 41 heavy (non-hydrogen) atoms. The van der Waals surface area contributed by atoms with Crippen LogP contribution in [0.2, 0.25) is 0 Å². The Bertz CT molecular complexity index is 1310. The van der Waals surface area contributed by atoms with Gasteiger partial charge in [0.25, 0.3) is 0 Å². The number of benzene rings is 1. The molecule has 0 heterocycles. The lowest BCUT2D eigenvalue weighted by Crippen LogP contribution is -2.78. The molecule has 12 heteroatoms. The molecule has 0 saturated heterocycles. The lowest BCUT2D eigenvalue weighted by molar-refractivity contribution is -0.207. The van der Waals surface area contributed by atoms with Crippen LogP contribution >= 0.6 is 11.8 Å². The van der Waals surface area contributed by atoms with Gasteiger partial charge in [0.05, 0.1) is 23.4 Å². The van der Waals surface area contributed by atoms with Crippen molar-refractivity contribution in [3.05, 3.63) is 28.3 Å². The number of aliphatic hydroxyl groups is 2. The van der Waals surface area contributed by atoms with Crippen LogP contribution in [0.1, 0.15) is 60.2 Å². The Kier molecular flexibility index (Phi) is 8.56. The number of rotatable bonds is 7. The molecule has 3 aliphatic carbocycles. The van der Waals surface area contributed by atoms with E-state index in [0.717, 1.165) is 5.56 Å². The number of phenols is 1. The zero-order valence-electron chi connectivity index (χ0n) is 24.0. The molecule has 5 N–H and O–H groups in total. The van der Waals surface area contributed by atoms with Crippen molar-refractivity contribution in [2.24, 2.45) is 29.4 Å². The van der Waals surface area contributed by atoms with Crippen molar-refractivity contribution < 1.29 is 44.0 Å². The van der Waals surface area contributed by atoms with Crippen LogP contribution in [-0.2, 0) is 36.1 Å². The van der Waals surface area contributed by atoms with Crippen LogP contribution in [0.15, 0.2) is 6.07 Å². The van der Waals surface area contributed by atoms with Crippen molar-refractivity contribution in [3.63, 3.8) is 0 Å². The first kappa shape index (κ1) is 31.3. The van der Waals surface area contributed by atoms with Crippen LogP contribution in [-0.4, -0.2) is 93.6 Å². The van der Waals surface area contributed by atoms with Crippen LogP contribution in [0.3, 0.4) is 0 Å². The summed E-state index contributed by atoms with van der Waals surface area (Å²) in [5, 5.41) is 33.5. The number of nitrogens with two attached hydrogens (primary N) is 1. The summed E-state index contributed by atoms with van der Waals surface area (Å²) in [4.78, 5) is 70.2. The number of nitrogens with zero attached hydrogens (tertiary/aromatic N) is 1. The number of ketones is 4. The third-order valence-electron chi connectivity index (χ3n) is 9.06. The number of fused-ring (bicyclic) bond motifs is 3. The van der Waals surface area contributed by atoms with Gasteiger partial charge in [-0.05, 0) is 49.4 Å². The Hall–Kier alpha value is -2.64. The number of esters is 1. The molecule has 0 aliphatic heterocycles. The van der Waals surface area contributed by atoms with Gasteiger partial charge >= 0.3 is 5.97 Å². The molecule has 2 fully saturated rings. The maximum Gasteiger partial charge on any atom is 0.305 e. The third kappa shape index (κ3) is 4.46. The highest BCUT2D eigenvalue weighted by Gasteiger charge is 2.73. The lowest BCUT2D eigenvalue weighted by Gasteiger charge is -2.57. The molecule has 0 amide bonds. The van der Waals surface area contributed by atoms with E-state index in [4.69, 9.17) is 10.5 Å². The fourth-order valence-corrected chi connectivity index (χ4v) is 7.83. The fourth-order valence-electron chi connectivity index (χ4n) is 7.28. The van der Waals surface area contributed by atoms with E-state index in [0.29, 0.717) is 23.3 Å². The second kappa shape index (κ2) is 11.2. The summed E-state index contributed by atoms with van der Waals surface area (Å²) in [7, 11) is 3.00. The van der Waals surface area contributed by atoms with Gasteiger partial charge in [0, 0.05) is 18.1 Å². The van der Waals surface area contributed by atoms with Crippen molar-refractivity contribution in [1.82, 2.24) is 4.90 Å². The number of Topliss-reactive ketones (excluding diaryl/α,β-unsaturated/α-hetero) is 4. The molecular formula is C29H38N2O9S. The Morgan fingerprint density at radius 2 is 1.80 bits per heavy atom. The zero-order valence-corrected chi connectivity index (χ0v) is 24.9. The predicted molar refractivity (Wildman–Crippen MR) is 149 cm³/mol. The summed E-state index contributed by atoms with van der Waals surface area (Å²) in [6.45, 7) is 5.12. The SMILES string of the molecule is CCC(=O)O[C@H]1[C@H]2C(C(=O)c3c(O)c(CC)cc(CSC)c3[C@@H]2C)C(=O)[C@]2(O)C(=O)C(C(N)O)C(=O)[C@@H](N(C)C)[C@H]12. The molecule has 3 aliphatic rings. The smallest absolute Gasteiger partial charge is 0.305 e. The number of ether oxygens (including phenoxy) is 1. The average Bonchev–Trinajstić information content (AvgIpc) is 2.90. The summed E-state index contributed by atoms with van der Waals surface area (Å²) in [6, 6.07) is 0.470. The normalized spacial score (nSPS) is 33.8. The van der Waals surface area contributed by atoms with Crippen LogP contribution in [0.5, 0.6) is 5.75 Å². The molecule has 0 radical (unpaired) electrons. The molecule has 2 saturated carbocycles. The molecule has 9 atom stereocenters. The number of carbonyl (C=O) groups excluding carboxylic acids is 5. The van der Waals surface area contributed by atoms with E-state index in [9.17, 15) is 39.3 Å². The monoisotopic (exact) mass is 590 g/mol. The number of aromatic hydroxyl groups is 1. The highest BCUT2D eigenvalue weighted by Crippen LogP contribution is 2.56. The molecule has 11 nitrogen and oxygen atoms in total. The van der Waals surface area contributed by atoms with Crippen molar-refractivity contribution >= 4 is 40.9 Å². The van der Waals surface area contributed by atoms with E-state index in [2.05, 4.69) is 0 Å². The predicted octanol–water partition coefficient (Wildman–Crippen LogP) is 0.577. The number of hydrogen-bond acceptors (Lipinski definition) is 12. The Labute approximate surface area is 242 Å². The quantitative estimate of drug-likeness (QED) is 0.197. The fraction of sp³-hybridized carbons (Fsp3) is 0.621. The van der Waals surface area contributed by atoms with Gasteiger partial charge in [0.2, 0.25) is 0 Å². The maximum atomic E-state index is 14.3. The van der Waals surface area contributed by atoms with Gasteiger partial charge in [-0.2, -0.15) is 11.8 Å². The van der Waals surface area contributed by atoms with Gasteiger partial charge in [-0.15, -0.1) is 0 Å². The third-order valence-corrected chi connectivity index (χ3v) is 9.66. The van der Waals surface area contributed by atoms with Crippen molar-refractivity contribution in [1.29, 1.82) is 0 Å². The van der Waals surface area contributed by atoms with Gasteiger partial charge in [-0.1, -0.05) is 26.8 Å². The number of carbonyl (C=O) groups is 5. The molecule has 1 aromatic carbocycles. The van der Waals surface area contributed by atoms with E-state index in [-0.39, 0.29) is 17.7 Å². The Balaban J connectivity index is 2.06. The highest BCUT2D eigenvalue weighted by atomic mass is 32.2. The highest BCUT2D eigenvalue weighted by molar-refractivity contribution is 7.97. The first-order valence-electron chi connectivity index (χ1n) is 13.7. The number of hydrogen-bond donors (Lipinski definition) is 4. The van der Waals surface area contributed by atoms with Crippen LogP contribution in [0.25, 0.3) is 0 Å². The molecule has 0 aromatic heterocycles. The van der Waals surface area contributed by atoms with Crippen molar-refractivity contribution in [3.8, 4) is 5.75 Å². The minimum absolute atomic E-state index is 0.0444. The molecule has 0 bridgehead atoms. The summed E-state index contributed by atoms with van der Waals surface area (Å²) in [6.07, 6.45) is -1.20. The molecular weight excluding hydrogens is 552 g/mol. The van der Waals surface area contributed by atoms with Gasteiger partial charge in [-0.3, -0.25) is 28.9 Å². The summed E-state index contributed by atoms with van der Waals surface area (Å²) < 4.78 is 5.88. The number of likely N-dealkylation sites (N-methyl/N-ethyl adjacent to an activating group) is 1. The second-order valence-corrected chi connectivity index (χ2v) is 12.3. The summed E-state index contributed by atoms with van der Waals surface area (Å²) in [5.41, 5.74) is 4.39. The van der Waals surface area contributed by atoms with Crippen LogP contribution in [0, 0.1) is 23.7 Å². The summed E-state index contributed by atoms with van der Waals surface area (Å²) in [5.74, 6) is -11.4. The number of aryl methyl sites for hydroxylation is 1. The van der Waals surface area contributed by atoms with Crippen LogP contribution < -0.4 is 5.73 Å². The lowest BCUT2D eigenvalue weighted by atomic mass is 9.49. The van der Waals surface area contributed by atoms with Crippen LogP contribution in [0.4, 0.5) is 0 Å². The minimum atomic E-state index is -2.97. The molecule has 4 rings (SSSR count). The van der Waals surface area contributed by atoms with E-state index in [1.54, 1.807) is 13.8 Å². The Morgan fingerprint density at radius 1 is 1.17 bits per heavy atom. The van der Waals surface area contributed by atoms with Gasteiger partial charge in [0.15, 0.2) is 28.7 Å². The Morgan fingerprint density at radius 3 is 2.32 bits per heavy atom. The van der Waals surface area contributed by atoms with Crippen molar-refractivity contribution in [2.45, 2.75) is 69.3 Å². The van der Waals surface area contributed by atoms with E-state index >= 15 is 0 Å². The van der Waals surface area contributed by atoms with E-state index < -0.39 is 82.7 Å². The van der Waals surface area contributed by atoms with Gasteiger partial charge in [0.1, 0.15) is 24.0 Å². The van der Waals surface area contributed by atoms with E-state index in [1.807, 2.05) is 19.2 Å². The standard InChI is InChI=1S/C29H38N2O9S/c1-7-12-9-13(10-41-6)15-11(3)16-18(23(34)17(15)22(12)33)26(36)29(39)20(25(16)40-14(32)8-2)21(31(4)5)24(35)19(27(29)37)28(30)38/h9,11,16,18-21,25,28,33,38-39H,7-8,10,30H2,1-6H3/t11-,16+,18?,19?,20+,21-,25-,28?,29-/m0/s1. The maximum absolute atomic E-state index is 14.3. The minimum Gasteiger partial charge on any atom is -0.507 e. The summed E-state index contributed by atoms with van der Waals surface area (Å²) >= 11 is 1.51. The van der Waals surface area contributed by atoms with Crippen molar-refractivity contribution in [2.75, 3.05) is 20.4 Å². The number of aliphatic hydroxyl groups excluding tert-OH is 1. The first-order chi connectivity index (χ1) is 19.2. The molecule has 1 aromatic rings. The largest absolute Gasteiger partial charge is 0.507 e. The van der Waals surface area contributed by atoms with E-state index in [1.165, 1.54) is 30.8 Å². The second-order valence-electron chi connectivity index (χ2n) is 11.4. The van der Waals surface area contributed by atoms with Gasteiger partial charge in [-0.25, -0.2) is 0 Å². The topological polar surface area (TPSA) is 185 Å². The molecule has 3 unspecified atom stereocenters. The molecule has 0 spiro atoms. The first-order valence-corrected chi connectivity index (χ1v) is 15.1. The van der Waals surface area contributed by atoms with Gasteiger partial charge < -0.3 is 25.8 Å². The molecule has 224 valence electrons. The zero-order chi connectivity index (χ0) is 30.7.